The van der Waals surface area contributed by atoms with Crippen LogP contribution in [0.4, 0.5) is 0 Å². The lowest BCUT2D eigenvalue weighted by Gasteiger charge is -2.11. The molecule has 1 heteroatoms. The average Bonchev–Trinajstić information content (AvgIpc) is 2.39. The third kappa shape index (κ3) is 1.74. The molecule has 0 aromatic heterocycles. The zero-order chi connectivity index (χ0) is 10.8. The summed E-state index contributed by atoms with van der Waals surface area (Å²) in [6.45, 7) is 0. The fourth-order valence-electron chi connectivity index (χ4n) is 1.82. The summed E-state index contributed by atoms with van der Waals surface area (Å²) >= 11 is 0. The van der Waals surface area contributed by atoms with Crippen LogP contribution >= 0.6 is 10.5 Å². The van der Waals surface area contributed by atoms with E-state index in [2.05, 4.69) is 71.4 Å². The molecule has 2 aromatic rings. The number of rotatable bonds is 1. The van der Waals surface area contributed by atoms with Crippen molar-refractivity contribution in [1.29, 1.82) is 0 Å². The molecule has 0 radical (unpaired) electrons. The van der Waals surface area contributed by atoms with Crippen molar-refractivity contribution in [2.45, 2.75) is 4.90 Å². The zero-order valence-electron chi connectivity index (χ0n) is 8.84. The average molecular weight is 224 g/mol. The minimum absolute atomic E-state index is 0.125. The second kappa shape index (κ2) is 4.11. The van der Waals surface area contributed by atoms with E-state index in [1.807, 2.05) is 0 Å². The van der Waals surface area contributed by atoms with Crippen molar-refractivity contribution < 1.29 is 0 Å². The topological polar surface area (TPSA) is 0 Å². The van der Waals surface area contributed by atoms with Crippen LogP contribution in [0.3, 0.4) is 0 Å². The summed E-state index contributed by atoms with van der Waals surface area (Å²) in [5.74, 6) is 0. The highest BCUT2D eigenvalue weighted by Crippen LogP contribution is 2.32. The first-order chi connectivity index (χ1) is 7.93. The second-order valence-corrected chi connectivity index (χ2v) is 5.46. The highest BCUT2D eigenvalue weighted by molar-refractivity contribution is 8.18. The van der Waals surface area contributed by atoms with Gasteiger partial charge >= 0.3 is 0 Å². The summed E-state index contributed by atoms with van der Waals surface area (Å²) < 4.78 is 0. The van der Waals surface area contributed by atoms with E-state index in [1.165, 1.54) is 16.0 Å². The first-order valence-electron chi connectivity index (χ1n) is 5.32. The van der Waals surface area contributed by atoms with E-state index in [0.29, 0.717) is 0 Å². The van der Waals surface area contributed by atoms with Gasteiger partial charge in [0.25, 0.3) is 0 Å². The van der Waals surface area contributed by atoms with Crippen molar-refractivity contribution in [1.82, 2.24) is 0 Å². The minimum atomic E-state index is 0.125. The van der Waals surface area contributed by atoms with E-state index in [4.69, 9.17) is 0 Å². The largest absolute Gasteiger partial charge is 0.130 e. The molecule has 1 aliphatic rings. The lowest BCUT2D eigenvalue weighted by Crippen LogP contribution is -1.90. The summed E-state index contributed by atoms with van der Waals surface area (Å²) in [7, 11) is 0.125. The van der Waals surface area contributed by atoms with Crippen LogP contribution in [0.2, 0.25) is 0 Å². The van der Waals surface area contributed by atoms with Crippen molar-refractivity contribution in [3.8, 4) is 0 Å². The summed E-state index contributed by atoms with van der Waals surface area (Å²) in [4.78, 5) is 1.38. The van der Waals surface area contributed by atoms with Crippen molar-refractivity contribution in [3.63, 3.8) is 0 Å². The van der Waals surface area contributed by atoms with Crippen LogP contribution in [-0.4, -0.2) is 5.37 Å². The van der Waals surface area contributed by atoms with E-state index in [1.54, 1.807) is 0 Å². The highest BCUT2D eigenvalue weighted by atomic mass is 32.2. The van der Waals surface area contributed by atoms with Crippen LogP contribution < -0.4 is 0 Å². The first kappa shape index (κ1) is 9.61. The van der Waals surface area contributed by atoms with Crippen LogP contribution in [0.5, 0.6) is 0 Å². The lowest BCUT2D eigenvalue weighted by molar-refractivity contribution is 1.47. The van der Waals surface area contributed by atoms with Gasteiger partial charge in [0.15, 0.2) is 0 Å². The van der Waals surface area contributed by atoms with Crippen molar-refractivity contribution >= 4 is 21.9 Å². The maximum Gasteiger partial charge on any atom is 0.00564 e. The molecule has 2 aromatic carbocycles. The van der Waals surface area contributed by atoms with Gasteiger partial charge in [0.1, 0.15) is 0 Å². The molecule has 78 valence electrons. The van der Waals surface area contributed by atoms with Crippen LogP contribution in [0.15, 0.2) is 64.9 Å². The predicted octanol–water partition coefficient (Wildman–Crippen LogP) is 4.15. The monoisotopic (exact) mass is 224 g/mol. The van der Waals surface area contributed by atoms with Crippen molar-refractivity contribution in [2.75, 3.05) is 0 Å². The van der Waals surface area contributed by atoms with E-state index in [-0.39, 0.29) is 10.5 Å². The Kier molecular flexibility index (Phi) is 2.47. The Morgan fingerprint density at radius 1 is 0.688 bits per heavy atom. The van der Waals surface area contributed by atoms with Gasteiger partial charge in [0, 0.05) is 4.90 Å². The Bertz CT molecular complexity index is 565. The minimum Gasteiger partial charge on any atom is -0.130 e. The van der Waals surface area contributed by atoms with Gasteiger partial charge in [-0.05, 0) is 40.1 Å². The molecule has 0 saturated carbocycles. The molecule has 1 heterocycles. The number of fused-ring (bicyclic) bond motifs is 1. The SMILES string of the molecule is C1=CS(c2ccccc2)=Cc2ccccc21. The smallest absolute Gasteiger partial charge is 0.00564 e. The third-order valence-electron chi connectivity index (χ3n) is 2.66. The third-order valence-corrected chi connectivity index (χ3v) is 4.41. The van der Waals surface area contributed by atoms with Gasteiger partial charge in [-0.1, -0.05) is 42.5 Å². The van der Waals surface area contributed by atoms with Crippen LogP contribution in [0, 0.1) is 0 Å². The molecular formula is C15H12S. The second-order valence-electron chi connectivity index (χ2n) is 3.73. The van der Waals surface area contributed by atoms with Gasteiger partial charge in [0.2, 0.25) is 0 Å². The fraction of sp³-hybridized carbons (Fsp3) is 0. The summed E-state index contributed by atoms with van der Waals surface area (Å²) in [6, 6.07) is 19.2. The number of hydrogen-bond acceptors (Lipinski definition) is 0. The Labute approximate surface area is 98.2 Å². The fourth-order valence-corrected chi connectivity index (χ4v) is 3.44. The van der Waals surface area contributed by atoms with Crippen LogP contribution in [-0.2, 0) is 0 Å². The molecule has 0 saturated heterocycles. The normalized spacial score (nSPS) is 17.6. The first-order valence-corrected chi connectivity index (χ1v) is 6.68. The quantitative estimate of drug-likeness (QED) is 0.638. The van der Waals surface area contributed by atoms with Crippen LogP contribution in [0.25, 0.3) is 6.08 Å². The van der Waals surface area contributed by atoms with Crippen LogP contribution in [0.1, 0.15) is 11.1 Å². The number of hydrogen-bond donors (Lipinski definition) is 0. The molecule has 1 atom stereocenters. The molecule has 0 amide bonds. The Morgan fingerprint density at radius 2 is 1.38 bits per heavy atom. The maximum atomic E-state index is 2.35. The molecular weight excluding hydrogens is 212 g/mol. The molecule has 0 nitrogen and oxygen atoms in total. The molecule has 0 spiro atoms. The standard InChI is InChI=1S/C15H12S/c1-2-8-15(9-3-1)16-11-10-13-6-4-5-7-14(13)12-16/h1-12H. The van der Waals surface area contributed by atoms with E-state index < -0.39 is 0 Å². The predicted molar refractivity (Wildman–Crippen MR) is 72.9 cm³/mol. The molecule has 3 rings (SSSR count). The molecule has 0 bridgehead atoms. The molecule has 0 N–H and O–H groups in total. The Balaban J connectivity index is 2.09. The van der Waals surface area contributed by atoms with Gasteiger partial charge < -0.3 is 0 Å². The summed E-state index contributed by atoms with van der Waals surface area (Å²) in [6.07, 6.45) is 2.23. The highest BCUT2D eigenvalue weighted by Gasteiger charge is 2.03. The van der Waals surface area contributed by atoms with Crippen molar-refractivity contribution in [2.24, 2.45) is 0 Å². The van der Waals surface area contributed by atoms with Crippen molar-refractivity contribution in [3.05, 3.63) is 71.1 Å². The molecule has 0 aliphatic carbocycles. The number of benzene rings is 2. The molecule has 16 heavy (non-hydrogen) atoms. The van der Waals surface area contributed by atoms with Gasteiger partial charge in [-0.3, -0.25) is 0 Å². The lowest BCUT2D eigenvalue weighted by atomic mass is 10.1. The molecule has 1 aliphatic heterocycles. The van der Waals surface area contributed by atoms with E-state index in [9.17, 15) is 0 Å². The van der Waals surface area contributed by atoms with Gasteiger partial charge in [0.05, 0.1) is 0 Å². The van der Waals surface area contributed by atoms with Gasteiger partial charge in [-0.2, -0.15) is 0 Å². The van der Waals surface area contributed by atoms with E-state index >= 15 is 0 Å². The molecule has 1 unspecified atom stereocenters. The Hall–Kier alpha value is -1.60. The molecule has 0 fully saturated rings. The maximum absolute atomic E-state index is 2.35. The van der Waals surface area contributed by atoms with E-state index in [0.717, 1.165) is 0 Å². The summed E-state index contributed by atoms with van der Waals surface area (Å²) in [5.41, 5.74) is 2.67. The van der Waals surface area contributed by atoms with Gasteiger partial charge in [-0.25, -0.2) is 0 Å². The zero-order valence-corrected chi connectivity index (χ0v) is 9.65. The van der Waals surface area contributed by atoms with Gasteiger partial charge in [-0.15, -0.1) is 10.5 Å². The summed E-state index contributed by atoms with van der Waals surface area (Å²) in [5, 5.41) is 4.64. The Morgan fingerprint density at radius 3 is 2.19 bits per heavy atom.